The Labute approximate surface area is 166 Å². The number of amides is 1. The highest BCUT2D eigenvalue weighted by Crippen LogP contribution is 2.36. The molecule has 0 spiro atoms. The number of rotatable bonds is 3. The van der Waals surface area contributed by atoms with Crippen LogP contribution in [0.3, 0.4) is 0 Å². The number of anilines is 1. The van der Waals surface area contributed by atoms with Gasteiger partial charge in [-0.2, -0.15) is 13.2 Å². The van der Waals surface area contributed by atoms with Crippen molar-refractivity contribution < 1.29 is 27.4 Å². The zero-order valence-corrected chi connectivity index (χ0v) is 16.1. The van der Waals surface area contributed by atoms with E-state index in [4.69, 9.17) is 9.47 Å². The molecule has 0 heterocycles. The first-order valence-corrected chi connectivity index (χ1v) is 8.89. The fraction of sp³-hybridized carbons (Fsp3) is 0.227. The summed E-state index contributed by atoms with van der Waals surface area (Å²) in [6.45, 7) is 5.24. The number of alkyl halides is 3. The number of carbonyl (C=O) groups excluding carboxylic acids is 1. The van der Waals surface area contributed by atoms with E-state index in [9.17, 15) is 18.0 Å². The summed E-state index contributed by atoms with van der Waals surface area (Å²) in [6.07, 6.45) is -5.11. The third-order valence-electron chi connectivity index (χ3n) is 3.86. The van der Waals surface area contributed by atoms with Gasteiger partial charge in [0.05, 0.1) is 5.56 Å². The first kappa shape index (κ1) is 20.5. The lowest BCUT2D eigenvalue weighted by atomic mass is 10.1. The van der Waals surface area contributed by atoms with E-state index in [1.807, 2.05) is 12.1 Å². The molecule has 0 radical (unpaired) electrons. The average Bonchev–Trinajstić information content (AvgIpc) is 2.59. The Hall–Kier alpha value is -3.22. The molecule has 0 aromatic heterocycles. The Morgan fingerprint density at radius 3 is 2.34 bits per heavy atom. The maximum absolute atomic E-state index is 13.0. The third-order valence-corrected chi connectivity index (χ3v) is 3.86. The number of ether oxygens (including phenoxy) is 2. The van der Waals surface area contributed by atoms with Gasteiger partial charge in [0.25, 0.3) is 0 Å². The van der Waals surface area contributed by atoms with Crippen molar-refractivity contribution in [2.24, 2.45) is 0 Å². The summed E-state index contributed by atoms with van der Waals surface area (Å²) < 4.78 is 50.0. The molecule has 3 aromatic carbocycles. The first-order valence-electron chi connectivity index (χ1n) is 8.89. The molecule has 0 aliphatic carbocycles. The molecule has 4 nitrogen and oxygen atoms in total. The molecule has 0 fully saturated rings. The normalized spacial score (nSPS) is 11.9. The zero-order valence-electron chi connectivity index (χ0n) is 16.1. The van der Waals surface area contributed by atoms with Crippen molar-refractivity contribution in [2.45, 2.75) is 32.5 Å². The Bertz CT molecular complexity index is 1040. The number of carbonyl (C=O) groups is 1. The van der Waals surface area contributed by atoms with Gasteiger partial charge in [0, 0.05) is 17.1 Å². The molecule has 1 N–H and O–H groups in total. The fourth-order valence-corrected chi connectivity index (χ4v) is 2.72. The van der Waals surface area contributed by atoms with Crippen LogP contribution in [0.4, 0.5) is 23.7 Å². The molecule has 0 aliphatic rings. The summed E-state index contributed by atoms with van der Waals surface area (Å²) in [5.74, 6) is 0.355. The van der Waals surface area contributed by atoms with Crippen molar-refractivity contribution >= 4 is 22.6 Å². The lowest BCUT2D eigenvalue weighted by Crippen LogP contribution is -2.27. The summed E-state index contributed by atoms with van der Waals surface area (Å²) in [6, 6.07) is 15.1. The Balaban J connectivity index is 1.96. The van der Waals surface area contributed by atoms with Gasteiger partial charge < -0.3 is 9.47 Å². The molecule has 29 heavy (non-hydrogen) atoms. The van der Waals surface area contributed by atoms with Crippen LogP contribution < -0.4 is 10.1 Å². The van der Waals surface area contributed by atoms with E-state index < -0.39 is 23.4 Å². The van der Waals surface area contributed by atoms with E-state index in [-0.39, 0.29) is 5.75 Å². The summed E-state index contributed by atoms with van der Waals surface area (Å²) >= 11 is 0. The van der Waals surface area contributed by atoms with Crippen molar-refractivity contribution in [3.05, 3.63) is 66.2 Å². The molecule has 0 saturated carbocycles. The molecule has 1 amide bonds. The van der Waals surface area contributed by atoms with Gasteiger partial charge in [0.15, 0.2) is 0 Å². The molecule has 7 heteroatoms. The number of hydrogen-bond acceptors (Lipinski definition) is 3. The Kier molecular flexibility index (Phi) is 5.42. The van der Waals surface area contributed by atoms with Gasteiger partial charge in [0.1, 0.15) is 17.1 Å². The molecular formula is C22H20F3NO3. The van der Waals surface area contributed by atoms with Crippen LogP contribution in [0.2, 0.25) is 0 Å². The lowest BCUT2D eigenvalue weighted by molar-refractivity contribution is -0.137. The minimum absolute atomic E-state index is 0.0411. The predicted octanol–water partition coefficient (Wildman–Crippen LogP) is 7.00. The maximum atomic E-state index is 13.0. The largest absolute Gasteiger partial charge is 0.457 e. The summed E-state index contributed by atoms with van der Waals surface area (Å²) in [5, 5.41) is 4.08. The van der Waals surface area contributed by atoms with Crippen LogP contribution in [0.5, 0.6) is 11.5 Å². The topological polar surface area (TPSA) is 47.6 Å². The van der Waals surface area contributed by atoms with Gasteiger partial charge in [-0.3, -0.25) is 5.32 Å². The average molecular weight is 403 g/mol. The van der Waals surface area contributed by atoms with Crippen LogP contribution in [0.1, 0.15) is 26.3 Å². The fourth-order valence-electron chi connectivity index (χ4n) is 2.72. The van der Waals surface area contributed by atoms with Crippen molar-refractivity contribution in [1.29, 1.82) is 0 Å². The molecule has 0 unspecified atom stereocenters. The van der Waals surface area contributed by atoms with E-state index >= 15 is 0 Å². The highest BCUT2D eigenvalue weighted by Gasteiger charge is 2.30. The second kappa shape index (κ2) is 7.66. The lowest BCUT2D eigenvalue weighted by Gasteiger charge is -2.20. The summed E-state index contributed by atoms with van der Waals surface area (Å²) in [7, 11) is 0. The Morgan fingerprint density at radius 1 is 0.931 bits per heavy atom. The monoisotopic (exact) mass is 403 g/mol. The van der Waals surface area contributed by atoms with E-state index in [2.05, 4.69) is 5.32 Å². The van der Waals surface area contributed by atoms with Crippen molar-refractivity contribution in [3.8, 4) is 11.5 Å². The predicted molar refractivity (Wildman–Crippen MR) is 105 cm³/mol. The molecular weight excluding hydrogens is 383 g/mol. The van der Waals surface area contributed by atoms with Crippen LogP contribution in [0.15, 0.2) is 60.7 Å². The van der Waals surface area contributed by atoms with Gasteiger partial charge in [-0.25, -0.2) is 4.79 Å². The van der Waals surface area contributed by atoms with Gasteiger partial charge in [0.2, 0.25) is 0 Å². The van der Waals surface area contributed by atoms with Crippen molar-refractivity contribution in [1.82, 2.24) is 0 Å². The van der Waals surface area contributed by atoms with Crippen molar-refractivity contribution in [3.63, 3.8) is 0 Å². The van der Waals surface area contributed by atoms with Crippen LogP contribution >= 0.6 is 0 Å². The van der Waals surface area contributed by atoms with E-state index in [0.717, 1.165) is 17.5 Å². The number of fused-ring (bicyclic) bond motifs is 1. The molecule has 3 aromatic rings. The van der Waals surface area contributed by atoms with Crippen LogP contribution in [0.25, 0.3) is 10.8 Å². The van der Waals surface area contributed by atoms with Crippen LogP contribution in [-0.4, -0.2) is 11.7 Å². The van der Waals surface area contributed by atoms with Gasteiger partial charge in [-0.05, 0) is 50.4 Å². The molecule has 152 valence electrons. The van der Waals surface area contributed by atoms with Gasteiger partial charge >= 0.3 is 12.3 Å². The minimum atomic E-state index is -4.47. The number of benzene rings is 3. The standard InChI is InChI=1S/C22H20F3NO3/c1-21(2,3)29-20(27)26-16-11-14-7-4-5-10-18(14)19(13-16)28-17-9-6-8-15(12-17)22(23,24)25/h4-13H,1-3H3,(H,26,27). The summed E-state index contributed by atoms with van der Waals surface area (Å²) in [5.41, 5.74) is -1.07. The smallest absolute Gasteiger partial charge is 0.416 e. The molecule has 0 saturated heterocycles. The van der Waals surface area contributed by atoms with E-state index in [0.29, 0.717) is 16.8 Å². The van der Waals surface area contributed by atoms with Gasteiger partial charge in [-0.1, -0.05) is 30.3 Å². The minimum Gasteiger partial charge on any atom is -0.457 e. The molecule has 3 rings (SSSR count). The zero-order chi connectivity index (χ0) is 21.2. The molecule has 0 aliphatic heterocycles. The molecule has 0 atom stereocenters. The SMILES string of the molecule is CC(C)(C)OC(=O)Nc1cc(Oc2cccc(C(F)(F)F)c2)c2ccccc2c1. The highest BCUT2D eigenvalue weighted by molar-refractivity contribution is 5.95. The molecule has 0 bridgehead atoms. The van der Waals surface area contributed by atoms with Gasteiger partial charge in [-0.15, -0.1) is 0 Å². The third kappa shape index (κ3) is 5.40. The summed E-state index contributed by atoms with van der Waals surface area (Å²) in [4.78, 5) is 12.1. The highest BCUT2D eigenvalue weighted by atomic mass is 19.4. The Morgan fingerprint density at radius 2 is 1.66 bits per heavy atom. The van der Waals surface area contributed by atoms with E-state index in [1.165, 1.54) is 12.1 Å². The van der Waals surface area contributed by atoms with Crippen LogP contribution in [-0.2, 0) is 10.9 Å². The second-order valence-corrected chi connectivity index (χ2v) is 7.45. The second-order valence-electron chi connectivity index (χ2n) is 7.45. The number of nitrogens with one attached hydrogen (secondary N) is 1. The van der Waals surface area contributed by atoms with E-state index in [1.54, 1.807) is 45.0 Å². The first-order chi connectivity index (χ1) is 13.5. The number of halogens is 3. The van der Waals surface area contributed by atoms with Crippen LogP contribution in [0, 0.1) is 0 Å². The number of hydrogen-bond donors (Lipinski definition) is 1. The quantitative estimate of drug-likeness (QED) is 0.512. The maximum Gasteiger partial charge on any atom is 0.416 e. The van der Waals surface area contributed by atoms with Crippen molar-refractivity contribution in [2.75, 3.05) is 5.32 Å².